The minimum Gasteiger partial charge on any atom is -0.481 e. The summed E-state index contributed by atoms with van der Waals surface area (Å²) in [5.74, 6) is -9.76. The van der Waals surface area contributed by atoms with Gasteiger partial charge in [0.25, 0.3) is 11.8 Å². The first kappa shape index (κ1) is 60.6. The number of aliphatic carboxylic acids is 5. The number of nitrogens with zero attached hydrogens (tertiary/aromatic N) is 2. The molecule has 0 bridgehead atoms. The van der Waals surface area contributed by atoms with Crippen molar-refractivity contribution in [2.24, 2.45) is 0 Å². The molecule has 7 amide bonds. The zero-order valence-corrected chi connectivity index (χ0v) is 42.6. The van der Waals surface area contributed by atoms with Crippen molar-refractivity contribution in [2.75, 3.05) is 27.7 Å². The summed E-state index contributed by atoms with van der Waals surface area (Å²) in [7, 11) is 5.61. The van der Waals surface area contributed by atoms with Crippen molar-refractivity contribution in [1.82, 2.24) is 46.7 Å². The van der Waals surface area contributed by atoms with Gasteiger partial charge in [-0.3, -0.25) is 42.8 Å². The summed E-state index contributed by atoms with van der Waals surface area (Å²) in [5, 5.41) is 65.7. The molecule has 0 fully saturated rings. The molecule has 25 nitrogen and oxygen atoms in total. The molecule has 5 unspecified atom stereocenters. The molecule has 4 rings (SSSR count). The third-order valence-electron chi connectivity index (χ3n) is 11.9. The average Bonchev–Trinajstić information content (AvgIpc) is 3.37. The highest BCUT2D eigenvalue weighted by atomic mass is 16.4. The average molecular weight is 1070 g/mol. The van der Waals surface area contributed by atoms with Gasteiger partial charge in [-0.1, -0.05) is 54.6 Å². The molecule has 0 aliphatic rings. The van der Waals surface area contributed by atoms with Gasteiger partial charge in [0.1, 0.15) is 30.2 Å². The van der Waals surface area contributed by atoms with E-state index in [-0.39, 0.29) is 62.7 Å². The fourth-order valence-electron chi connectivity index (χ4n) is 7.59. The molecule has 0 aliphatic carbocycles. The van der Waals surface area contributed by atoms with Crippen LogP contribution in [0.1, 0.15) is 89.6 Å². The number of benzene rings is 3. The lowest BCUT2D eigenvalue weighted by Gasteiger charge is -2.23. The minimum atomic E-state index is -1.58. The summed E-state index contributed by atoms with van der Waals surface area (Å²) in [5.41, 5.74) is 1.40. The molecule has 0 spiro atoms. The van der Waals surface area contributed by atoms with Crippen molar-refractivity contribution in [3.8, 4) is 0 Å². The number of carbonyl (C=O) groups is 11. The summed E-state index contributed by atoms with van der Waals surface area (Å²) < 4.78 is 0.356. The van der Waals surface area contributed by atoms with Crippen molar-refractivity contribution in [2.45, 2.75) is 101 Å². The molecule has 412 valence electrons. The SMILES string of the molecule is C[N+](C)(C)c1ccc(C(=O)NC(CCC(=O)O)C(=O)NC(CCC(=O)O)C(=O)NCc2ccc(C(=O)NC(Cc3ccc4ccccc4c3)C(=O)NCCCCC(NC(=O)NC(CCC(=O)O)C(=O)O)C(=O)O)cc2)cn1. The van der Waals surface area contributed by atoms with Crippen molar-refractivity contribution < 1.29 is 78.3 Å². The Bertz CT molecular complexity index is 2780. The van der Waals surface area contributed by atoms with E-state index >= 15 is 0 Å². The van der Waals surface area contributed by atoms with E-state index in [4.69, 9.17) is 5.11 Å². The second-order valence-corrected chi connectivity index (χ2v) is 18.8. The Morgan fingerprint density at radius 2 is 1.00 bits per heavy atom. The Balaban J connectivity index is 1.39. The smallest absolute Gasteiger partial charge is 0.326 e. The minimum absolute atomic E-state index is 0.0330. The monoisotopic (exact) mass is 1070 g/mol. The first-order chi connectivity index (χ1) is 36.4. The van der Waals surface area contributed by atoms with Crippen LogP contribution in [0.25, 0.3) is 10.8 Å². The van der Waals surface area contributed by atoms with Gasteiger partial charge in [0.15, 0.2) is 0 Å². The molecule has 3 aromatic carbocycles. The lowest BCUT2D eigenvalue weighted by atomic mass is 10.0. The quantitative estimate of drug-likeness (QED) is 0.0252. The molecule has 77 heavy (non-hydrogen) atoms. The first-order valence-corrected chi connectivity index (χ1v) is 24.4. The third kappa shape index (κ3) is 20.7. The van der Waals surface area contributed by atoms with Gasteiger partial charge in [-0.25, -0.2) is 19.4 Å². The van der Waals surface area contributed by atoms with E-state index in [0.29, 0.717) is 21.4 Å². The normalized spacial score (nSPS) is 13.0. The van der Waals surface area contributed by atoms with Gasteiger partial charge in [0, 0.05) is 56.6 Å². The second-order valence-electron chi connectivity index (χ2n) is 18.8. The predicted octanol–water partition coefficient (Wildman–Crippen LogP) is 1.76. The highest BCUT2D eigenvalue weighted by molar-refractivity contribution is 5.99. The standard InChI is InChI=1S/C52H63N9O16/c1-61(2,3)41-21-17-35(29-54-41)46(69)56-37(19-23-43(64)65)49(72)57-36(18-22-42(62)63)47(70)55-28-30-11-15-33(16-12-30)45(68)58-40(27-31-13-14-32-8-4-5-9-34(32)26-31)48(71)53-25-7-6-10-38(50(73)74)59-52(77)60-39(51(75)76)20-24-44(66)67/h4-5,8-9,11-17,21,26,29,36-40H,6-7,10,18-20,22-25,27-28H2,1-3H3,(H11-,53,55,56,57,58,59,60,62,63,64,65,66,67,68,69,70,71,72,73,74,75,76,77)/p+1. The Labute approximate surface area is 441 Å². The Hall–Kier alpha value is -9.00. The van der Waals surface area contributed by atoms with Crippen LogP contribution in [0.5, 0.6) is 0 Å². The second kappa shape index (κ2) is 29.2. The van der Waals surface area contributed by atoms with Crippen LogP contribution in [-0.2, 0) is 51.3 Å². The van der Waals surface area contributed by atoms with Crippen molar-refractivity contribution in [3.63, 3.8) is 0 Å². The van der Waals surface area contributed by atoms with E-state index in [0.717, 1.165) is 10.8 Å². The maximum Gasteiger partial charge on any atom is 0.326 e. The molecule has 12 N–H and O–H groups in total. The fourth-order valence-corrected chi connectivity index (χ4v) is 7.59. The van der Waals surface area contributed by atoms with Crippen LogP contribution in [0, 0.1) is 0 Å². The number of fused-ring (bicyclic) bond motifs is 1. The number of unbranched alkanes of at least 4 members (excludes halogenated alkanes) is 1. The number of urea groups is 1. The molecular formula is C52H64N9O16+. The van der Waals surface area contributed by atoms with Gasteiger partial charge in [-0.15, -0.1) is 0 Å². The number of pyridine rings is 1. The maximum absolute atomic E-state index is 13.7. The van der Waals surface area contributed by atoms with E-state index in [1.165, 1.54) is 36.5 Å². The summed E-state index contributed by atoms with van der Waals surface area (Å²) >= 11 is 0. The zero-order valence-electron chi connectivity index (χ0n) is 42.6. The van der Waals surface area contributed by atoms with Crippen LogP contribution in [0.2, 0.25) is 0 Å². The lowest BCUT2D eigenvalue weighted by Crippen LogP contribution is -2.53. The van der Waals surface area contributed by atoms with Crippen molar-refractivity contribution in [3.05, 3.63) is 107 Å². The highest BCUT2D eigenvalue weighted by Crippen LogP contribution is 2.18. The molecule has 0 radical (unpaired) electrons. The summed E-state index contributed by atoms with van der Waals surface area (Å²) in [6.07, 6.45) is -1.12. The van der Waals surface area contributed by atoms with Crippen LogP contribution in [0.4, 0.5) is 10.6 Å². The maximum atomic E-state index is 13.7. The molecular weight excluding hydrogens is 1010 g/mol. The van der Waals surface area contributed by atoms with Crippen LogP contribution >= 0.6 is 0 Å². The van der Waals surface area contributed by atoms with Crippen molar-refractivity contribution in [1.29, 1.82) is 0 Å². The van der Waals surface area contributed by atoms with Gasteiger partial charge in [0.05, 0.1) is 26.7 Å². The molecule has 0 saturated carbocycles. The number of rotatable bonds is 31. The van der Waals surface area contributed by atoms with Crippen molar-refractivity contribution >= 4 is 82.0 Å². The lowest BCUT2D eigenvalue weighted by molar-refractivity contribution is -0.141. The Kier molecular flexibility index (Phi) is 23.0. The molecule has 1 heterocycles. The summed E-state index contributed by atoms with van der Waals surface area (Å²) in [4.78, 5) is 142. The summed E-state index contributed by atoms with van der Waals surface area (Å²) in [6, 6.07) is 14.0. The molecule has 0 aliphatic heterocycles. The Morgan fingerprint density at radius 1 is 0.494 bits per heavy atom. The topological polar surface area (TPSA) is 386 Å². The number of aromatic nitrogens is 1. The first-order valence-electron chi connectivity index (χ1n) is 24.4. The summed E-state index contributed by atoms with van der Waals surface area (Å²) in [6.45, 7) is -0.121. The molecule has 25 heteroatoms. The molecule has 1 aromatic heterocycles. The van der Waals surface area contributed by atoms with Crippen LogP contribution in [0.3, 0.4) is 0 Å². The highest BCUT2D eigenvalue weighted by Gasteiger charge is 2.30. The predicted molar refractivity (Wildman–Crippen MR) is 276 cm³/mol. The number of carboxylic acids is 5. The third-order valence-corrected chi connectivity index (χ3v) is 11.9. The molecule has 0 saturated heterocycles. The zero-order chi connectivity index (χ0) is 56.8. The van der Waals surface area contributed by atoms with E-state index in [1.54, 1.807) is 6.07 Å². The van der Waals surface area contributed by atoms with Crippen LogP contribution in [0.15, 0.2) is 85.1 Å². The van der Waals surface area contributed by atoms with E-state index < -0.39 is 121 Å². The number of quaternary nitrogens is 1. The van der Waals surface area contributed by atoms with Gasteiger partial charge >= 0.3 is 35.9 Å². The van der Waals surface area contributed by atoms with Gasteiger partial charge in [-0.05, 0) is 78.6 Å². The van der Waals surface area contributed by atoms with Crippen LogP contribution < -0.4 is 41.7 Å². The number of amides is 7. The van der Waals surface area contributed by atoms with Gasteiger partial charge < -0.3 is 62.8 Å². The van der Waals surface area contributed by atoms with Gasteiger partial charge in [0.2, 0.25) is 23.5 Å². The van der Waals surface area contributed by atoms with Gasteiger partial charge in [-0.2, -0.15) is 0 Å². The van der Waals surface area contributed by atoms with E-state index in [1.807, 2.05) is 63.6 Å². The van der Waals surface area contributed by atoms with E-state index in [9.17, 15) is 73.2 Å². The number of carboxylic acid groups (broad SMARTS) is 5. The molecule has 4 aromatic rings. The fraction of sp³-hybridized carbons (Fsp3) is 0.385. The number of hydrogen-bond donors (Lipinski definition) is 12. The molecule has 5 atom stereocenters. The number of carbonyl (C=O) groups excluding carboxylic acids is 6. The number of hydrogen-bond acceptors (Lipinski definition) is 12. The van der Waals surface area contributed by atoms with Crippen LogP contribution in [-0.4, -0.2) is 154 Å². The number of nitrogens with one attached hydrogen (secondary N) is 7. The largest absolute Gasteiger partial charge is 0.481 e. The van der Waals surface area contributed by atoms with E-state index in [2.05, 4.69) is 42.2 Å². The Morgan fingerprint density at radius 3 is 1.56 bits per heavy atom.